The molecule has 0 aliphatic carbocycles. The molecule has 0 spiro atoms. The number of benzene rings is 1. The van der Waals surface area contributed by atoms with Crippen molar-refractivity contribution in [1.29, 1.82) is 0 Å². The maximum Gasteiger partial charge on any atom is -0.0100 e. The van der Waals surface area contributed by atoms with Gasteiger partial charge in [0, 0.05) is 0 Å². The van der Waals surface area contributed by atoms with Crippen molar-refractivity contribution in [1.82, 2.24) is 0 Å². The Kier molecular flexibility index (Phi) is 2.33. The van der Waals surface area contributed by atoms with Crippen LogP contribution in [0.25, 0.3) is 0 Å². The molecule has 0 saturated carbocycles. The Bertz CT molecular complexity index is 209. The van der Waals surface area contributed by atoms with Gasteiger partial charge in [-0.1, -0.05) is 45.0 Å². The molecule has 0 aliphatic heterocycles. The summed E-state index contributed by atoms with van der Waals surface area (Å²) in [6.45, 7) is 6.71. The summed E-state index contributed by atoms with van der Waals surface area (Å²) in [5.74, 6) is 0. The van der Waals surface area contributed by atoms with Crippen molar-refractivity contribution in [2.24, 2.45) is 0 Å². The van der Waals surface area contributed by atoms with Gasteiger partial charge in [0.2, 0.25) is 0 Å². The van der Waals surface area contributed by atoms with E-state index in [0.717, 1.165) is 6.42 Å². The Morgan fingerprint density at radius 3 is 2.55 bits per heavy atom. The van der Waals surface area contributed by atoms with Gasteiger partial charge < -0.3 is 0 Å². The minimum Gasteiger partial charge on any atom is -0.0646 e. The molecule has 0 heteroatoms. The van der Waals surface area contributed by atoms with E-state index in [1.54, 1.807) is 0 Å². The van der Waals surface area contributed by atoms with Crippen molar-refractivity contribution in [3.8, 4) is 0 Å². The fourth-order valence-electron chi connectivity index (χ4n) is 1.00. The van der Waals surface area contributed by atoms with E-state index >= 15 is 0 Å². The van der Waals surface area contributed by atoms with Crippen LogP contribution in [-0.2, 0) is 5.41 Å². The summed E-state index contributed by atoms with van der Waals surface area (Å²) in [5, 5.41) is 0. The first-order valence-electron chi connectivity index (χ1n) is 4.14. The van der Waals surface area contributed by atoms with E-state index in [1.807, 2.05) is 12.1 Å². The topological polar surface area (TPSA) is 0 Å². The Labute approximate surface area is 69.3 Å². The van der Waals surface area contributed by atoms with E-state index in [-0.39, 0.29) is 5.41 Å². The lowest BCUT2D eigenvalue weighted by molar-refractivity contribution is 0.505. The zero-order valence-electron chi connectivity index (χ0n) is 7.52. The molecule has 1 aromatic rings. The van der Waals surface area contributed by atoms with E-state index in [2.05, 4.69) is 39.0 Å². The Morgan fingerprint density at radius 2 is 2.09 bits per heavy atom. The van der Waals surface area contributed by atoms with Crippen LogP contribution in [0.2, 0.25) is 0 Å². The molecule has 59 valence electrons. The molecule has 0 heterocycles. The van der Waals surface area contributed by atoms with Crippen LogP contribution in [0.4, 0.5) is 0 Å². The van der Waals surface area contributed by atoms with Gasteiger partial charge >= 0.3 is 0 Å². The highest BCUT2D eigenvalue weighted by atomic mass is 14.2. The van der Waals surface area contributed by atoms with Crippen LogP contribution in [0.5, 0.6) is 0 Å². The standard InChI is InChI=1S/C11H15/c1-4-11(2,3)10-8-6-5-7-9-10/h5-8H,4H2,1-3H3. The van der Waals surface area contributed by atoms with E-state index in [4.69, 9.17) is 0 Å². The second kappa shape index (κ2) is 3.08. The third-order valence-electron chi connectivity index (χ3n) is 2.32. The van der Waals surface area contributed by atoms with E-state index in [0.29, 0.717) is 0 Å². The molecular weight excluding hydrogens is 132 g/mol. The summed E-state index contributed by atoms with van der Waals surface area (Å²) in [6.07, 6.45) is 1.16. The Hall–Kier alpha value is -0.780. The van der Waals surface area contributed by atoms with Gasteiger partial charge in [-0.15, -0.1) is 0 Å². The van der Waals surface area contributed by atoms with Crippen LogP contribution in [0, 0.1) is 6.07 Å². The van der Waals surface area contributed by atoms with Gasteiger partial charge in [0.15, 0.2) is 0 Å². The highest BCUT2D eigenvalue weighted by Gasteiger charge is 2.16. The van der Waals surface area contributed by atoms with Crippen LogP contribution in [0.15, 0.2) is 24.3 Å². The number of rotatable bonds is 2. The van der Waals surface area contributed by atoms with Gasteiger partial charge in [-0.25, -0.2) is 0 Å². The number of hydrogen-bond donors (Lipinski definition) is 0. The van der Waals surface area contributed by atoms with E-state index in [9.17, 15) is 0 Å². The van der Waals surface area contributed by atoms with Crippen molar-refractivity contribution in [3.05, 3.63) is 35.9 Å². The molecule has 0 unspecified atom stereocenters. The van der Waals surface area contributed by atoms with Gasteiger partial charge in [0.05, 0.1) is 0 Å². The SMILES string of the molecule is CCC(C)(C)c1[c]cccc1. The van der Waals surface area contributed by atoms with Crippen LogP contribution < -0.4 is 0 Å². The normalized spacial score (nSPS) is 11.5. The highest BCUT2D eigenvalue weighted by molar-refractivity contribution is 5.21. The summed E-state index contributed by atoms with van der Waals surface area (Å²) in [6, 6.07) is 11.5. The quantitative estimate of drug-likeness (QED) is 0.602. The number of hydrogen-bond acceptors (Lipinski definition) is 0. The third kappa shape index (κ3) is 1.83. The molecule has 0 amide bonds. The molecule has 0 nitrogen and oxygen atoms in total. The fourth-order valence-corrected chi connectivity index (χ4v) is 1.00. The third-order valence-corrected chi connectivity index (χ3v) is 2.32. The first-order valence-corrected chi connectivity index (χ1v) is 4.14. The lowest BCUT2D eigenvalue weighted by Crippen LogP contribution is -2.14. The van der Waals surface area contributed by atoms with Crippen LogP contribution >= 0.6 is 0 Å². The summed E-state index contributed by atoms with van der Waals surface area (Å²) >= 11 is 0. The Morgan fingerprint density at radius 1 is 1.36 bits per heavy atom. The minimum absolute atomic E-state index is 0.279. The molecular formula is C11H15. The molecule has 1 rings (SSSR count). The molecule has 1 radical (unpaired) electrons. The van der Waals surface area contributed by atoms with Gasteiger partial charge in [-0.2, -0.15) is 0 Å². The van der Waals surface area contributed by atoms with Gasteiger partial charge in [-0.3, -0.25) is 0 Å². The average molecular weight is 147 g/mol. The average Bonchev–Trinajstić information content (AvgIpc) is 2.06. The molecule has 0 fully saturated rings. The molecule has 1 aromatic carbocycles. The van der Waals surface area contributed by atoms with Crippen molar-refractivity contribution in [2.45, 2.75) is 32.6 Å². The predicted molar refractivity (Wildman–Crippen MR) is 48.6 cm³/mol. The second-order valence-electron chi connectivity index (χ2n) is 3.51. The van der Waals surface area contributed by atoms with Crippen molar-refractivity contribution in [3.63, 3.8) is 0 Å². The Balaban J connectivity index is 2.93. The molecule has 0 bridgehead atoms. The molecule has 0 saturated heterocycles. The van der Waals surface area contributed by atoms with Crippen LogP contribution in [-0.4, -0.2) is 0 Å². The van der Waals surface area contributed by atoms with E-state index < -0.39 is 0 Å². The maximum absolute atomic E-state index is 3.26. The molecule has 0 aliphatic rings. The van der Waals surface area contributed by atoms with Gasteiger partial charge in [0.25, 0.3) is 0 Å². The summed E-state index contributed by atoms with van der Waals surface area (Å²) in [4.78, 5) is 0. The second-order valence-corrected chi connectivity index (χ2v) is 3.51. The first kappa shape index (κ1) is 8.32. The van der Waals surface area contributed by atoms with Crippen molar-refractivity contribution < 1.29 is 0 Å². The largest absolute Gasteiger partial charge is 0.0646 e. The van der Waals surface area contributed by atoms with Gasteiger partial charge in [0.1, 0.15) is 0 Å². The minimum atomic E-state index is 0.279. The molecule has 0 aromatic heterocycles. The van der Waals surface area contributed by atoms with Crippen LogP contribution in [0.1, 0.15) is 32.8 Å². The predicted octanol–water partition coefficient (Wildman–Crippen LogP) is 3.17. The van der Waals surface area contributed by atoms with Gasteiger partial charge in [-0.05, 0) is 23.5 Å². The zero-order chi connectivity index (χ0) is 8.32. The fraction of sp³-hybridized carbons (Fsp3) is 0.455. The lowest BCUT2D eigenvalue weighted by atomic mass is 9.82. The maximum atomic E-state index is 3.26. The molecule has 0 N–H and O–H groups in total. The van der Waals surface area contributed by atoms with E-state index in [1.165, 1.54) is 5.56 Å². The smallest absolute Gasteiger partial charge is 0.0100 e. The molecule has 11 heavy (non-hydrogen) atoms. The van der Waals surface area contributed by atoms with Crippen molar-refractivity contribution in [2.75, 3.05) is 0 Å². The van der Waals surface area contributed by atoms with Crippen LogP contribution in [0.3, 0.4) is 0 Å². The summed E-state index contributed by atoms with van der Waals surface area (Å²) < 4.78 is 0. The summed E-state index contributed by atoms with van der Waals surface area (Å²) in [5.41, 5.74) is 1.59. The lowest BCUT2D eigenvalue weighted by Gasteiger charge is -2.22. The highest BCUT2D eigenvalue weighted by Crippen LogP contribution is 2.25. The first-order chi connectivity index (χ1) is 5.17. The van der Waals surface area contributed by atoms with Crippen molar-refractivity contribution >= 4 is 0 Å². The monoisotopic (exact) mass is 147 g/mol. The summed E-state index contributed by atoms with van der Waals surface area (Å²) in [7, 11) is 0. The molecule has 0 atom stereocenters. The zero-order valence-corrected chi connectivity index (χ0v) is 7.52.